The van der Waals surface area contributed by atoms with Gasteiger partial charge in [0.05, 0.1) is 27.9 Å². The molecule has 3 rings (SSSR count). The Balaban J connectivity index is 1.97. The predicted molar refractivity (Wildman–Crippen MR) is 77.6 cm³/mol. The maximum Gasteiger partial charge on any atom is 0.258 e. The lowest BCUT2D eigenvalue weighted by atomic mass is 10.1. The van der Waals surface area contributed by atoms with Gasteiger partial charge in [0.2, 0.25) is 5.75 Å². The zero-order chi connectivity index (χ0) is 15.5. The molecule has 1 aliphatic heterocycles. The molecule has 7 heteroatoms. The molecule has 1 aliphatic rings. The molecule has 2 heterocycles. The van der Waals surface area contributed by atoms with Crippen molar-refractivity contribution in [2.75, 3.05) is 34.5 Å². The zero-order valence-corrected chi connectivity index (χ0v) is 12.8. The lowest BCUT2D eigenvalue weighted by Gasteiger charge is -2.12. The van der Waals surface area contributed by atoms with E-state index in [0.717, 1.165) is 13.0 Å². The molecular formula is C15H18N2O5. The fourth-order valence-electron chi connectivity index (χ4n) is 2.46. The van der Waals surface area contributed by atoms with Crippen LogP contribution in [0.15, 0.2) is 16.7 Å². The van der Waals surface area contributed by atoms with Gasteiger partial charge in [0, 0.05) is 18.1 Å². The fraction of sp³-hybridized carbons (Fsp3) is 0.467. The van der Waals surface area contributed by atoms with Gasteiger partial charge in [0.25, 0.3) is 5.89 Å². The molecule has 1 aromatic heterocycles. The molecule has 118 valence electrons. The van der Waals surface area contributed by atoms with E-state index in [4.69, 9.17) is 23.5 Å². The smallest absolute Gasteiger partial charge is 0.258 e. The molecule has 22 heavy (non-hydrogen) atoms. The van der Waals surface area contributed by atoms with E-state index in [-0.39, 0.29) is 5.92 Å². The van der Waals surface area contributed by atoms with Crippen LogP contribution in [0.5, 0.6) is 17.2 Å². The van der Waals surface area contributed by atoms with Crippen LogP contribution in [0.1, 0.15) is 18.2 Å². The molecule has 0 bridgehead atoms. The summed E-state index contributed by atoms with van der Waals surface area (Å²) in [4.78, 5) is 4.46. The van der Waals surface area contributed by atoms with E-state index in [0.29, 0.717) is 41.1 Å². The second-order valence-corrected chi connectivity index (χ2v) is 4.93. The highest BCUT2D eigenvalue weighted by Crippen LogP contribution is 2.41. The Hall–Kier alpha value is -2.28. The first-order chi connectivity index (χ1) is 10.8. The van der Waals surface area contributed by atoms with Crippen molar-refractivity contribution in [1.29, 1.82) is 0 Å². The summed E-state index contributed by atoms with van der Waals surface area (Å²) in [6.45, 7) is 1.37. The van der Waals surface area contributed by atoms with Crippen LogP contribution in [0, 0.1) is 0 Å². The molecule has 1 aromatic carbocycles. The minimum atomic E-state index is 0.194. The Labute approximate surface area is 128 Å². The van der Waals surface area contributed by atoms with Crippen LogP contribution in [0.2, 0.25) is 0 Å². The van der Waals surface area contributed by atoms with E-state index in [1.807, 2.05) is 0 Å². The molecule has 1 atom stereocenters. The van der Waals surface area contributed by atoms with E-state index in [1.54, 1.807) is 33.5 Å². The molecule has 7 nitrogen and oxygen atoms in total. The number of methoxy groups -OCH3 is 3. The topological polar surface area (TPSA) is 75.8 Å². The summed E-state index contributed by atoms with van der Waals surface area (Å²) in [7, 11) is 4.69. The summed E-state index contributed by atoms with van der Waals surface area (Å²) in [6.07, 6.45) is 0.911. The highest BCUT2D eigenvalue weighted by atomic mass is 16.5. The summed E-state index contributed by atoms with van der Waals surface area (Å²) in [5, 5.41) is 4.05. The van der Waals surface area contributed by atoms with Crippen molar-refractivity contribution in [1.82, 2.24) is 10.1 Å². The van der Waals surface area contributed by atoms with Gasteiger partial charge in [-0.15, -0.1) is 0 Å². The Morgan fingerprint density at radius 1 is 1.09 bits per heavy atom. The molecule has 2 aromatic rings. The Morgan fingerprint density at radius 3 is 2.36 bits per heavy atom. The number of rotatable bonds is 5. The molecule has 0 saturated carbocycles. The highest BCUT2D eigenvalue weighted by molar-refractivity contribution is 5.65. The third-order valence-electron chi connectivity index (χ3n) is 3.65. The van der Waals surface area contributed by atoms with Crippen molar-refractivity contribution >= 4 is 0 Å². The third-order valence-corrected chi connectivity index (χ3v) is 3.65. The van der Waals surface area contributed by atoms with Gasteiger partial charge in [-0.2, -0.15) is 4.98 Å². The molecule has 1 saturated heterocycles. The van der Waals surface area contributed by atoms with Crippen LogP contribution < -0.4 is 14.2 Å². The summed E-state index contributed by atoms with van der Waals surface area (Å²) < 4.78 is 26.7. The van der Waals surface area contributed by atoms with Gasteiger partial charge in [0.15, 0.2) is 17.3 Å². The van der Waals surface area contributed by atoms with Crippen molar-refractivity contribution in [2.45, 2.75) is 12.3 Å². The standard InChI is InChI=1S/C15H18N2O5/c1-18-11-6-10(7-12(19-2)13(11)20-3)15-16-14(17-22-15)9-4-5-21-8-9/h6-7,9H,4-5,8H2,1-3H3. The van der Waals surface area contributed by atoms with Crippen LogP contribution in [0.4, 0.5) is 0 Å². The predicted octanol–water partition coefficient (Wildman–Crippen LogP) is 2.27. The van der Waals surface area contributed by atoms with Crippen LogP contribution in [0.25, 0.3) is 11.5 Å². The highest BCUT2D eigenvalue weighted by Gasteiger charge is 2.24. The molecule has 0 spiro atoms. The van der Waals surface area contributed by atoms with Crippen LogP contribution >= 0.6 is 0 Å². The zero-order valence-electron chi connectivity index (χ0n) is 12.8. The Kier molecular flexibility index (Phi) is 4.15. The van der Waals surface area contributed by atoms with E-state index in [1.165, 1.54) is 0 Å². The molecule has 0 aliphatic carbocycles. The molecule has 1 fully saturated rings. The third kappa shape index (κ3) is 2.59. The first-order valence-electron chi connectivity index (χ1n) is 6.98. The van der Waals surface area contributed by atoms with Crippen LogP contribution in [0.3, 0.4) is 0 Å². The van der Waals surface area contributed by atoms with Gasteiger partial charge in [-0.25, -0.2) is 0 Å². The van der Waals surface area contributed by atoms with Gasteiger partial charge in [-0.3, -0.25) is 0 Å². The lowest BCUT2D eigenvalue weighted by Crippen LogP contribution is -1.99. The quantitative estimate of drug-likeness (QED) is 0.838. The van der Waals surface area contributed by atoms with E-state index >= 15 is 0 Å². The minimum absolute atomic E-state index is 0.194. The van der Waals surface area contributed by atoms with Gasteiger partial charge >= 0.3 is 0 Å². The number of nitrogens with zero attached hydrogens (tertiary/aromatic N) is 2. The van der Waals surface area contributed by atoms with Crippen molar-refractivity contribution < 1.29 is 23.5 Å². The summed E-state index contributed by atoms with van der Waals surface area (Å²) in [5.74, 6) is 2.89. The molecule has 1 unspecified atom stereocenters. The van der Waals surface area contributed by atoms with Gasteiger partial charge < -0.3 is 23.5 Å². The summed E-state index contributed by atoms with van der Waals surface area (Å²) >= 11 is 0. The fourth-order valence-corrected chi connectivity index (χ4v) is 2.46. The summed E-state index contributed by atoms with van der Waals surface area (Å²) in [5.41, 5.74) is 0.715. The number of ether oxygens (including phenoxy) is 4. The van der Waals surface area contributed by atoms with Gasteiger partial charge in [-0.1, -0.05) is 5.16 Å². The normalized spacial score (nSPS) is 17.5. The van der Waals surface area contributed by atoms with Crippen molar-refractivity contribution in [2.24, 2.45) is 0 Å². The van der Waals surface area contributed by atoms with Crippen LogP contribution in [-0.4, -0.2) is 44.7 Å². The molecule has 0 amide bonds. The van der Waals surface area contributed by atoms with E-state index < -0.39 is 0 Å². The van der Waals surface area contributed by atoms with Crippen molar-refractivity contribution in [3.05, 3.63) is 18.0 Å². The lowest BCUT2D eigenvalue weighted by molar-refractivity contribution is 0.192. The van der Waals surface area contributed by atoms with E-state index in [2.05, 4.69) is 10.1 Å². The number of aromatic nitrogens is 2. The first kappa shape index (κ1) is 14.6. The largest absolute Gasteiger partial charge is 0.493 e. The number of hydrogen-bond donors (Lipinski definition) is 0. The maximum atomic E-state index is 5.37. The second-order valence-electron chi connectivity index (χ2n) is 4.93. The Morgan fingerprint density at radius 2 is 1.82 bits per heavy atom. The maximum absolute atomic E-state index is 5.37. The van der Waals surface area contributed by atoms with Gasteiger partial charge in [0.1, 0.15) is 0 Å². The minimum Gasteiger partial charge on any atom is -0.493 e. The monoisotopic (exact) mass is 306 g/mol. The first-order valence-corrected chi connectivity index (χ1v) is 6.98. The van der Waals surface area contributed by atoms with Crippen LogP contribution in [-0.2, 0) is 4.74 Å². The van der Waals surface area contributed by atoms with Crippen molar-refractivity contribution in [3.63, 3.8) is 0 Å². The summed E-state index contributed by atoms with van der Waals surface area (Å²) in [6, 6.07) is 3.56. The Bertz CT molecular complexity index is 624. The molecule has 0 radical (unpaired) electrons. The van der Waals surface area contributed by atoms with Crippen molar-refractivity contribution in [3.8, 4) is 28.7 Å². The van der Waals surface area contributed by atoms with E-state index in [9.17, 15) is 0 Å². The SMILES string of the molecule is COc1cc(-c2nc(C3CCOC3)no2)cc(OC)c1OC. The second kappa shape index (κ2) is 6.23. The average molecular weight is 306 g/mol. The number of benzene rings is 1. The average Bonchev–Trinajstić information content (AvgIpc) is 3.23. The molecule has 0 N–H and O–H groups in total. The number of hydrogen-bond acceptors (Lipinski definition) is 7. The molecular weight excluding hydrogens is 288 g/mol. The van der Waals surface area contributed by atoms with Gasteiger partial charge in [-0.05, 0) is 18.6 Å².